The Morgan fingerprint density at radius 3 is 2.44 bits per heavy atom. The number of aromatic nitrogens is 2. The van der Waals surface area contributed by atoms with E-state index in [1.807, 2.05) is 20.0 Å². The van der Waals surface area contributed by atoms with Crippen LogP contribution < -0.4 is 10.6 Å². The lowest BCUT2D eigenvalue weighted by Crippen LogP contribution is -2.29. The molecule has 2 N–H and O–H groups in total. The van der Waals surface area contributed by atoms with Crippen molar-refractivity contribution in [1.29, 1.82) is 0 Å². The van der Waals surface area contributed by atoms with Crippen LogP contribution in [0.1, 0.15) is 36.1 Å². The maximum Gasteiger partial charge on any atom is 0.320 e. The van der Waals surface area contributed by atoms with Crippen molar-refractivity contribution in [3.05, 3.63) is 47.2 Å². The zero-order valence-electron chi connectivity index (χ0n) is 15.1. The third kappa shape index (κ3) is 5.06. The summed E-state index contributed by atoms with van der Waals surface area (Å²) in [7, 11) is 1.81. The van der Waals surface area contributed by atoms with Crippen molar-refractivity contribution in [3.8, 4) is 0 Å². The standard InChI is InChI=1S/C19H27N5O/c1-15-12-18(23(2)22-15)21-19(25)20-13-16-6-8-17(9-7-16)14-24-10-4-3-5-11-24/h6-9,12H,3-5,10-11,13-14H2,1-2H3,(H2,20,21,25). The molecule has 1 aromatic heterocycles. The van der Waals surface area contributed by atoms with Gasteiger partial charge >= 0.3 is 6.03 Å². The van der Waals surface area contributed by atoms with E-state index in [2.05, 4.69) is 44.9 Å². The van der Waals surface area contributed by atoms with Crippen molar-refractivity contribution < 1.29 is 4.79 Å². The predicted molar refractivity (Wildman–Crippen MR) is 99.4 cm³/mol. The van der Waals surface area contributed by atoms with Crippen LogP contribution in [0.3, 0.4) is 0 Å². The van der Waals surface area contributed by atoms with E-state index in [4.69, 9.17) is 0 Å². The molecule has 0 bridgehead atoms. The molecule has 0 saturated carbocycles. The number of nitrogens with one attached hydrogen (secondary N) is 2. The number of rotatable bonds is 5. The Morgan fingerprint density at radius 2 is 1.80 bits per heavy atom. The molecule has 6 nitrogen and oxygen atoms in total. The highest BCUT2D eigenvalue weighted by atomic mass is 16.2. The fourth-order valence-corrected chi connectivity index (χ4v) is 3.21. The molecule has 1 fully saturated rings. The number of piperidine rings is 1. The van der Waals surface area contributed by atoms with Crippen molar-refractivity contribution >= 4 is 11.8 Å². The molecule has 3 rings (SSSR count). The van der Waals surface area contributed by atoms with E-state index in [1.54, 1.807) is 4.68 Å². The predicted octanol–water partition coefficient (Wildman–Crippen LogP) is 3.04. The first kappa shape index (κ1) is 17.5. The van der Waals surface area contributed by atoms with Crippen molar-refractivity contribution in [2.75, 3.05) is 18.4 Å². The highest BCUT2D eigenvalue weighted by Gasteiger charge is 2.10. The van der Waals surface area contributed by atoms with Crippen LogP contribution >= 0.6 is 0 Å². The molecule has 2 amide bonds. The second-order valence-electron chi connectivity index (χ2n) is 6.76. The molecule has 2 aromatic rings. The molecule has 1 saturated heterocycles. The minimum absolute atomic E-state index is 0.222. The first-order valence-electron chi connectivity index (χ1n) is 8.96. The maximum absolute atomic E-state index is 12.0. The van der Waals surface area contributed by atoms with Crippen LogP contribution in [0, 0.1) is 6.92 Å². The van der Waals surface area contributed by atoms with Crippen LogP contribution in [0.2, 0.25) is 0 Å². The van der Waals surface area contributed by atoms with E-state index < -0.39 is 0 Å². The Bertz CT molecular complexity index is 701. The number of nitrogens with zero attached hydrogens (tertiary/aromatic N) is 3. The van der Waals surface area contributed by atoms with Crippen LogP contribution in [0.25, 0.3) is 0 Å². The number of hydrogen-bond acceptors (Lipinski definition) is 3. The number of anilines is 1. The highest BCUT2D eigenvalue weighted by molar-refractivity contribution is 5.88. The van der Waals surface area contributed by atoms with Crippen molar-refractivity contribution in [2.45, 2.75) is 39.3 Å². The SMILES string of the molecule is Cc1cc(NC(=O)NCc2ccc(CN3CCCCC3)cc2)n(C)n1. The average molecular weight is 341 g/mol. The van der Waals surface area contributed by atoms with Gasteiger partial charge in [-0.25, -0.2) is 4.79 Å². The van der Waals surface area contributed by atoms with Gasteiger partial charge in [0.15, 0.2) is 0 Å². The molecule has 2 heterocycles. The molecule has 0 radical (unpaired) electrons. The van der Waals surface area contributed by atoms with E-state index in [-0.39, 0.29) is 6.03 Å². The Hall–Kier alpha value is -2.34. The molecule has 6 heteroatoms. The summed E-state index contributed by atoms with van der Waals surface area (Å²) >= 11 is 0. The summed E-state index contributed by atoms with van der Waals surface area (Å²) < 4.78 is 1.66. The maximum atomic E-state index is 12.0. The van der Waals surface area contributed by atoms with Crippen molar-refractivity contribution in [3.63, 3.8) is 0 Å². The van der Waals surface area contributed by atoms with Gasteiger partial charge in [-0.15, -0.1) is 0 Å². The smallest absolute Gasteiger partial charge is 0.320 e. The molecular weight excluding hydrogens is 314 g/mol. The van der Waals surface area contributed by atoms with Gasteiger partial charge in [0, 0.05) is 26.2 Å². The third-order valence-corrected chi connectivity index (χ3v) is 4.57. The molecule has 1 aliphatic rings. The summed E-state index contributed by atoms with van der Waals surface area (Å²) in [4.78, 5) is 14.5. The topological polar surface area (TPSA) is 62.2 Å². The first-order valence-corrected chi connectivity index (χ1v) is 8.96. The largest absolute Gasteiger partial charge is 0.334 e. The molecule has 1 aromatic carbocycles. The van der Waals surface area contributed by atoms with Crippen molar-refractivity contribution in [2.24, 2.45) is 7.05 Å². The van der Waals surface area contributed by atoms with E-state index in [9.17, 15) is 4.79 Å². The van der Waals surface area contributed by atoms with Gasteiger partial charge in [0.2, 0.25) is 0 Å². The summed E-state index contributed by atoms with van der Waals surface area (Å²) in [6, 6.07) is 10.1. The van der Waals surface area contributed by atoms with Crippen LogP contribution in [-0.4, -0.2) is 33.8 Å². The number of benzene rings is 1. The van der Waals surface area contributed by atoms with E-state index in [0.717, 1.165) is 17.8 Å². The van der Waals surface area contributed by atoms with Gasteiger partial charge in [0.25, 0.3) is 0 Å². The summed E-state index contributed by atoms with van der Waals surface area (Å²) in [5.41, 5.74) is 3.31. The Kier molecular flexibility index (Phi) is 5.71. The summed E-state index contributed by atoms with van der Waals surface area (Å²) in [6.07, 6.45) is 3.99. The number of carbonyl (C=O) groups is 1. The van der Waals surface area contributed by atoms with E-state index in [0.29, 0.717) is 12.4 Å². The minimum atomic E-state index is -0.222. The number of hydrogen-bond donors (Lipinski definition) is 2. The Morgan fingerprint density at radius 1 is 1.12 bits per heavy atom. The van der Waals surface area contributed by atoms with Gasteiger partial charge < -0.3 is 5.32 Å². The van der Waals surface area contributed by atoms with Gasteiger partial charge in [-0.2, -0.15) is 5.10 Å². The molecular formula is C19H27N5O. The van der Waals surface area contributed by atoms with Crippen LogP contribution in [0.5, 0.6) is 0 Å². The third-order valence-electron chi connectivity index (χ3n) is 4.57. The summed E-state index contributed by atoms with van der Waals surface area (Å²) in [6.45, 7) is 5.84. The second-order valence-corrected chi connectivity index (χ2v) is 6.76. The number of urea groups is 1. The minimum Gasteiger partial charge on any atom is -0.334 e. The molecule has 0 unspecified atom stereocenters. The second kappa shape index (κ2) is 8.16. The Balaban J connectivity index is 1.46. The molecule has 134 valence electrons. The lowest BCUT2D eigenvalue weighted by molar-refractivity contribution is 0.221. The molecule has 0 atom stereocenters. The van der Waals surface area contributed by atoms with Crippen molar-refractivity contribution in [1.82, 2.24) is 20.0 Å². The lowest BCUT2D eigenvalue weighted by Gasteiger charge is -2.26. The molecule has 0 aliphatic carbocycles. The summed E-state index contributed by atoms with van der Waals surface area (Å²) in [5.74, 6) is 0.687. The first-order chi connectivity index (χ1) is 12.1. The zero-order chi connectivity index (χ0) is 17.6. The van der Waals surface area contributed by atoms with Crippen LogP contribution in [0.15, 0.2) is 30.3 Å². The number of aryl methyl sites for hydroxylation is 2. The van der Waals surface area contributed by atoms with E-state index >= 15 is 0 Å². The van der Waals surface area contributed by atoms with Gasteiger partial charge in [0.1, 0.15) is 5.82 Å². The number of amides is 2. The van der Waals surface area contributed by atoms with Gasteiger partial charge in [-0.3, -0.25) is 14.9 Å². The average Bonchev–Trinajstić information content (AvgIpc) is 2.92. The number of carbonyl (C=O) groups excluding carboxylic acids is 1. The Labute approximate surface area is 149 Å². The van der Waals surface area contributed by atoms with Crippen LogP contribution in [-0.2, 0) is 20.1 Å². The normalized spacial score (nSPS) is 15.1. The van der Waals surface area contributed by atoms with Gasteiger partial charge in [-0.1, -0.05) is 30.7 Å². The molecule has 25 heavy (non-hydrogen) atoms. The van der Waals surface area contributed by atoms with E-state index in [1.165, 1.54) is 37.9 Å². The quantitative estimate of drug-likeness (QED) is 0.879. The molecule has 0 spiro atoms. The highest BCUT2D eigenvalue weighted by Crippen LogP contribution is 2.14. The zero-order valence-corrected chi connectivity index (χ0v) is 15.1. The summed E-state index contributed by atoms with van der Waals surface area (Å²) in [5, 5.41) is 9.90. The van der Waals surface area contributed by atoms with Crippen LogP contribution in [0.4, 0.5) is 10.6 Å². The molecule has 1 aliphatic heterocycles. The van der Waals surface area contributed by atoms with Gasteiger partial charge in [0.05, 0.1) is 5.69 Å². The lowest BCUT2D eigenvalue weighted by atomic mass is 10.1. The number of likely N-dealkylation sites (tertiary alicyclic amines) is 1. The fourth-order valence-electron chi connectivity index (χ4n) is 3.21. The monoisotopic (exact) mass is 341 g/mol. The fraction of sp³-hybridized carbons (Fsp3) is 0.474. The van der Waals surface area contributed by atoms with Gasteiger partial charge in [-0.05, 0) is 44.0 Å².